The predicted octanol–water partition coefficient (Wildman–Crippen LogP) is 5.94. The first-order chi connectivity index (χ1) is 30.1. The highest BCUT2D eigenvalue weighted by molar-refractivity contribution is 7.14. The molecule has 2 aliphatic heterocycles. The second kappa shape index (κ2) is 18.2. The number of thiazole rings is 1. The molecule has 8 rings (SSSR count). The number of nitrogens with zero attached hydrogens (tertiary/aromatic N) is 3. The van der Waals surface area contributed by atoms with E-state index in [0.29, 0.717) is 78.3 Å². The molecule has 18 heteroatoms. The van der Waals surface area contributed by atoms with Gasteiger partial charge in [-0.3, -0.25) is 9.59 Å². The fourth-order valence-corrected chi connectivity index (χ4v) is 10.5. The Bertz CT molecular complexity index is 2200. The van der Waals surface area contributed by atoms with Gasteiger partial charge in [0, 0.05) is 35.8 Å². The average molecular weight is 911 g/mol. The first kappa shape index (κ1) is 45.1. The van der Waals surface area contributed by atoms with Crippen molar-refractivity contribution in [2.75, 3.05) is 45.3 Å². The Kier molecular flexibility index (Phi) is 13.0. The molecule has 3 aliphatic carbocycles. The van der Waals surface area contributed by atoms with Crippen molar-refractivity contribution in [2.45, 2.75) is 122 Å². The van der Waals surface area contributed by atoms with Gasteiger partial charge in [-0.2, -0.15) is 0 Å². The van der Waals surface area contributed by atoms with Crippen LogP contribution in [0, 0.1) is 23.2 Å². The number of hydrogen-bond acceptors (Lipinski definition) is 14. The van der Waals surface area contributed by atoms with E-state index in [9.17, 15) is 19.2 Å². The normalized spacial score (nSPS) is 28.0. The number of likely N-dealkylation sites (tertiary alicyclic amines) is 1. The Morgan fingerprint density at radius 1 is 1.06 bits per heavy atom. The molecule has 2 saturated heterocycles. The van der Waals surface area contributed by atoms with Gasteiger partial charge in [-0.1, -0.05) is 45.7 Å². The lowest BCUT2D eigenvalue weighted by Crippen LogP contribution is -2.59. The number of carbonyl (C=O) groups is 4. The zero-order chi connectivity index (χ0) is 44.8. The molecule has 342 valence electrons. The van der Waals surface area contributed by atoms with E-state index in [0.717, 1.165) is 24.5 Å². The van der Waals surface area contributed by atoms with Crippen LogP contribution in [0.15, 0.2) is 23.6 Å². The summed E-state index contributed by atoms with van der Waals surface area (Å²) in [5, 5.41) is 16.1. The summed E-state index contributed by atoms with van der Waals surface area (Å²) in [6.45, 7) is 13.8. The van der Waals surface area contributed by atoms with Gasteiger partial charge in [0.15, 0.2) is 5.13 Å². The highest BCUT2D eigenvalue weighted by Crippen LogP contribution is 2.52. The Morgan fingerprint density at radius 2 is 1.84 bits per heavy atom. The van der Waals surface area contributed by atoms with E-state index >= 15 is 0 Å². The van der Waals surface area contributed by atoms with Crippen LogP contribution in [0.25, 0.3) is 22.3 Å². The van der Waals surface area contributed by atoms with Crippen molar-refractivity contribution >= 4 is 62.8 Å². The van der Waals surface area contributed by atoms with Crippen LogP contribution in [0.2, 0.25) is 5.02 Å². The summed E-state index contributed by atoms with van der Waals surface area (Å²) in [7, 11) is 1.30. The van der Waals surface area contributed by atoms with Crippen LogP contribution in [0.4, 0.5) is 9.93 Å². The number of carbonyl (C=O) groups excluding carboxylic acids is 4. The summed E-state index contributed by atoms with van der Waals surface area (Å²) in [6, 6.07) is 3.46. The first-order valence-electron chi connectivity index (χ1n) is 22.2. The molecule has 3 amide bonds. The Balaban J connectivity index is 1.11. The van der Waals surface area contributed by atoms with Crippen molar-refractivity contribution in [3.8, 4) is 22.9 Å². The number of esters is 1. The zero-order valence-corrected chi connectivity index (χ0v) is 38.7. The van der Waals surface area contributed by atoms with E-state index in [-0.39, 0.29) is 42.1 Å². The molecular weight excluding hydrogens is 850 g/mol. The van der Waals surface area contributed by atoms with Crippen LogP contribution < -0.4 is 30.7 Å². The molecule has 3 saturated carbocycles. The van der Waals surface area contributed by atoms with Crippen molar-refractivity contribution in [1.29, 1.82) is 0 Å². The van der Waals surface area contributed by atoms with Crippen molar-refractivity contribution in [3.05, 3.63) is 28.6 Å². The number of hydrogen-bond donors (Lipinski definition) is 4. The fraction of sp³-hybridized carbons (Fsp3) is 0.644. The second-order valence-corrected chi connectivity index (χ2v) is 20.3. The predicted molar refractivity (Wildman–Crippen MR) is 238 cm³/mol. The van der Waals surface area contributed by atoms with E-state index in [1.165, 1.54) is 29.8 Å². The summed E-state index contributed by atoms with van der Waals surface area (Å²) >= 11 is 8.56. The molecule has 0 radical (unpaired) electrons. The van der Waals surface area contributed by atoms with Gasteiger partial charge in [-0.25, -0.2) is 19.6 Å². The molecule has 16 nitrogen and oxygen atoms in total. The van der Waals surface area contributed by atoms with E-state index in [1.54, 1.807) is 12.1 Å². The maximum Gasteiger partial charge on any atom is 0.408 e. The van der Waals surface area contributed by atoms with Gasteiger partial charge in [0.25, 0.3) is 0 Å². The molecule has 63 heavy (non-hydrogen) atoms. The molecule has 3 aromatic rings. The third-order valence-corrected chi connectivity index (χ3v) is 14.1. The quantitative estimate of drug-likeness (QED) is 0.131. The molecule has 5 fully saturated rings. The number of fused-ring (bicyclic) bond motifs is 2. The molecule has 2 aromatic heterocycles. The number of rotatable bonds is 15. The molecule has 0 bridgehead atoms. The van der Waals surface area contributed by atoms with Crippen molar-refractivity contribution in [2.24, 2.45) is 23.2 Å². The largest absolute Gasteiger partial charge is 0.490 e. The van der Waals surface area contributed by atoms with Crippen LogP contribution in [-0.4, -0.2) is 121 Å². The minimum atomic E-state index is -1.19. The summed E-state index contributed by atoms with van der Waals surface area (Å²) in [6.07, 6.45) is 2.45. The van der Waals surface area contributed by atoms with E-state index in [2.05, 4.69) is 21.3 Å². The van der Waals surface area contributed by atoms with E-state index in [4.69, 9.17) is 45.3 Å². The van der Waals surface area contributed by atoms with Crippen LogP contribution in [0.5, 0.6) is 11.5 Å². The Hall–Kier alpha value is -4.45. The summed E-state index contributed by atoms with van der Waals surface area (Å²) in [5.74, 6) is 0.459. The topological polar surface area (TPSA) is 192 Å². The summed E-state index contributed by atoms with van der Waals surface area (Å²) in [5.41, 5.74) is -0.429. The number of benzene rings is 1. The maximum absolute atomic E-state index is 14.9. The van der Waals surface area contributed by atoms with Crippen LogP contribution in [0.1, 0.15) is 80.1 Å². The lowest BCUT2D eigenvalue weighted by Gasteiger charge is -2.35. The number of alkyl carbamates (subject to hydrolysis) is 1. The van der Waals surface area contributed by atoms with E-state index < -0.39 is 53.0 Å². The summed E-state index contributed by atoms with van der Waals surface area (Å²) < 4.78 is 29.6. The fourth-order valence-electron chi connectivity index (χ4n) is 9.36. The van der Waals surface area contributed by atoms with Gasteiger partial charge in [0.1, 0.15) is 58.7 Å². The highest BCUT2D eigenvalue weighted by Gasteiger charge is 2.62. The smallest absolute Gasteiger partial charge is 0.408 e. The standard InChI is InChI=1S/C45H60ClN7O9S/c1-8-26-18-45(26,41(56)58-7)52-39(54)33-16-29(19-53(33)40(55)38(44(4,5)6)51-43(57)62-28-14-24-13-25(24)15-28)61-35-17-31(32-22-63-42(50-32)48-23(2)3)49-37-30(35)9-10-34(36(37)46)60-21-27-20-59-12-11-47-27/h9-10,17,22-29,33,38,47H,8,11-16,18-21H2,1-7H3,(H,48,50)(H,51,57)(H,52,54)/t24-,25+,26-,27-,28?,29-,33+,38-,45-/m1/s1. The van der Waals surface area contributed by atoms with Crippen LogP contribution in [-0.2, 0) is 28.6 Å². The van der Waals surface area contributed by atoms with Crippen molar-refractivity contribution in [3.63, 3.8) is 0 Å². The number of nitrogens with one attached hydrogen (secondary N) is 4. The number of ether oxygens (including phenoxy) is 5. The van der Waals surface area contributed by atoms with Gasteiger partial charge >= 0.3 is 12.1 Å². The lowest BCUT2D eigenvalue weighted by molar-refractivity contribution is -0.148. The van der Waals surface area contributed by atoms with Crippen LogP contribution in [0.3, 0.4) is 0 Å². The molecule has 4 N–H and O–H groups in total. The minimum Gasteiger partial charge on any atom is -0.490 e. The van der Waals surface area contributed by atoms with Crippen LogP contribution >= 0.6 is 22.9 Å². The molecular formula is C45H60ClN7O9S. The Morgan fingerprint density at radius 3 is 2.51 bits per heavy atom. The van der Waals surface area contributed by atoms with Gasteiger partial charge in [0.2, 0.25) is 11.8 Å². The number of halogens is 1. The molecule has 0 spiro atoms. The number of aromatic nitrogens is 2. The number of morpholine rings is 1. The minimum absolute atomic E-state index is 0.00165. The number of amides is 3. The van der Waals surface area contributed by atoms with Gasteiger partial charge in [-0.15, -0.1) is 11.3 Å². The Labute approximate surface area is 377 Å². The van der Waals surface area contributed by atoms with Gasteiger partial charge < -0.3 is 49.9 Å². The highest BCUT2D eigenvalue weighted by atomic mass is 35.5. The van der Waals surface area contributed by atoms with E-state index in [1.807, 2.05) is 53.0 Å². The van der Waals surface area contributed by atoms with Gasteiger partial charge in [0.05, 0.1) is 44.1 Å². The third kappa shape index (κ3) is 9.81. The number of pyridine rings is 1. The molecule has 5 aliphatic rings. The average Bonchev–Trinajstić information content (AvgIpc) is 3.91. The lowest BCUT2D eigenvalue weighted by atomic mass is 9.85. The molecule has 4 heterocycles. The molecule has 1 unspecified atom stereocenters. The number of anilines is 1. The number of methoxy groups -OCH3 is 1. The SMILES string of the molecule is CC[C@@H]1C[C@]1(NC(=O)[C@@H]1C[C@@H](Oc2cc(-c3csc(NC(C)C)n3)nc3c(Cl)c(OC[C@H]4COCCN4)ccc23)CN1C(=O)[C@@H](NC(=O)OC1C[C@@H]2C[C@@H]2C1)C(C)(C)C)C(=O)OC. The zero-order valence-electron chi connectivity index (χ0n) is 37.1. The maximum atomic E-state index is 14.9. The second-order valence-electron chi connectivity index (χ2n) is 19.1. The van der Waals surface area contributed by atoms with Gasteiger partial charge in [-0.05, 0) is 74.8 Å². The third-order valence-electron chi connectivity index (χ3n) is 12.9. The molecule has 9 atom stereocenters. The first-order valence-corrected chi connectivity index (χ1v) is 23.5. The summed E-state index contributed by atoms with van der Waals surface area (Å²) in [4.78, 5) is 67.1. The van der Waals surface area contributed by atoms with Crippen molar-refractivity contribution in [1.82, 2.24) is 30.8 Å². The monoisotopic (exact) mass is 909 g/mol. The molecule has 1 aromatic carbocycles. The van der Waals surface area contributed by atoms with Crippen molar-refractivity contribution < 1.29 is 42.9 Å².